The Morgan fingerprint density at radius 2 is 2.05 bits per heavy atom. The molecule has 0 bridgehead atoms. The lowest BCUT2D eigenvalue weighted by Gasteiger charge is -2.24. The maximum absolute atomic E-state index is 11.9. The number of aliphatic hydroxyl groups is 1. The second kappa shape index (κ2) is 13.6. The first-order valence-electron chi connectivity index (χ1n) is 13.1. The molecule has 0 saturated carbocycles. The van der Waals surface area contributed by atoms with Crippen molar-refractivity contribution in [2.24, 2.45) is 0 Å². The van der Waals surface area contributed by atoms with E-state index in [9.17, 15) is 19.8 Å². The molecule has 3 aromatic heterocycles. The molecule has 41 heavy (non-hydrogen) atoms. The summed E-state index contributed by atoms with van der Waals surface area (Å²) in [6.45, 7) is 3.01. The highest BCUT2D eigenvalue weighted by molar-refractivity contribution is 9.10. The van der Waals surface area contributed by atoms with Crippen LogP contribution in [0.4, 0.5) is 21.4 Å². The molecule has 4 heterocycles. The van der Waals surface area contributed by atoms with E-state index in [1.165, 1.54) is 12.0 Å². The van der Waals surface area contributed by atoms with Crippen LogP contribution in [0.15, 0.2) is 22.9 Å². The van der Waals surface area contributed by atoms with Gasteiger partial charge in [-0.2, -0.15) is 10.1 Å². The Morgan fingerprint density at radius 3 is 2.68 bits per heavy atom. The Kier molecular flexibility index (Phi) is 9.94. The predicted octanol–water partition coefficient (Wildman–Crippen LogP) is 3.95. The molecule has 0 aliphatic carbocycles. The second-order valence-electron chi connectivity index (χ2n) is 9.38. The van der Waals surface area contributed by atoms with Gasteiger partial charge in [0.25, 0.3) is 0 Å². The molecule has 3 aromatic rings. The lowest BCUT2D eigenvalue weighted by Crippen LogP contribution is -2.33. The number of hydrogen-bond acceptors (Lipinski definition) is 10. The molecule has 0 aromatic carbocycles. The number of carbonyl (C=O) groups is 2. The smallest absolute Gasteiger partial charge is 0.413 e. The zero-order valence-electron chi connectivity index (χ0n) is 23.1. The molecule has 4 N–H and O–H groups in total. The van der Waals surface area contributed by atoms with Crippen molar-refractivity contribution in [3.05, 3.63) is 34.2 Å². The predicted molar refractivity (Wildman–Crippen MR) is 155 cm³/mol. The van der Waals surface area contributed by atoms with Crippen LogP contribution in [0.5, 0.6) is 5.75 Å². The average molecular weight is 634 g/mol. The molecular weight excluding hydrogens is 600 g/mol. The van der Waals surface area contributed by atoms with Crippen LogP contribution in [-0.2, 0) is 11.3 Å². The number of aliphatic hydroxyl groups excluding tert-OH is 1. The number of carbonyl (C=O) groups excluding carboxylic acids is 1. The third-order valence-corrected chi connectivity index (χ3v) is 7.24. The first kappa shape index (κ1) is 30.0. The normalized spacial score (nSPS) is 14.0. The van der Waals surface area contributed by atoms with Crippen molar-refractivity contribution < 1.29 is 29.3 Å². The van der Waals surface area contributed by atoms with Gasteiger partial charge in [-0.15, -0.1) is 0 Å². The van der Waals surface area contributed by atoms with Crippen LogP contribution in [0.2, 0.25) is 0 Å². The Morgan fingerprint density at radius 1 is 1.24 bits per heavy atom. The second-order valence-corrected chi connectivity index (χ2v) is 10.1. The van der Waals surface area contributed by atoms with E-state index in [1.807, 2.05) is 12.1 Å². The van der Waals surface area contributed by atoms with Gasteiger partial charge in [0.15, 0.2) is 10.4 Å². The molecule has 4 rings (SSSR count). The highest BCUT2D eigenvalue weighted by Crippen LogP contribution is 2.32. The van der Waals surface area contributed by atoms with E-state index >= 15 is 0 Å². The molecule has 220 valence electrons. The van der Waals surface area contributed by atoms with Crippen molar-refractivity contribution in [2.45, 2.75) is 45.2 Å². The molecule has 0 radical (unpaired) electrons. The van der Waals surface area contributed by atoms with Gasteiger partial charge in [-0.3, -0.25) is 15.0 Å². The zero-order valence-corrected chi connectivity index (χ0v) is 24.6. The van der Waals surface area contributed by atoms with E-state index in [-0.39, 0.29) is 25.1 Å². The number of amides is 2. The number of ether oxygens (including phenoxy) is 2. The molecule has 1 atom stereocenters. The Hall–Kier alpha value is -3.98. The highest BCUT2D eigenvalue weighted by Gasteiger charge is 2.23. The Labute approximate surface area is 244 Å². The minimum atomic E-state index is -0.938. The van der Waals surface area contributed by atoms with E-state index in [0.717, 1.165) is 24.0 Å². The number of nitrogens with zero attached hydrogens (tertiary/aromatic N) is 6. The van der Waals surface area contributed by atoms with Gasteiger partial charge in [0.2, 0.25) is 5.95 Å². The Balaban J connectivity index is 1.71. The number of rotatable bonds is 11. The number of hydrogen-bond donors (Lipinski definition) is 4. The fourth-order valence-electron chi connectivity index (χ4n) is 4.64. The van der Waals surface area contributed by atoms with Crippen LogP contribution in [0.25, 0.3) is 16.6 Å². The van der Waals surface area contributed by atoms with Crippen molar-refractivity contribution in [1.82, 2.24) is 29.6 Å². The van der Waals surface area contributed by atoms with E-state index in [2.05, 4.69) is 53.5 Å². The summed E-state index contributed by atoms with van der Waals surface area (Å²) in [7, 11) is 2.81. The molecule has 0 unspecified atom stereocenters. The van der Waals surface area contributed by atoms with E-state index in [0.29, 0.717) is 58.8 Å². The lowest BCUT2D eigenvalue weighted by molar-refractivity contribution is 0.150. The maximum atomic E-state index is 11.9. The minimum absolute atomic E-state index is 0.000355. The van der Waals surface area contributed by atoms with Gasteiger partial charge >= 0.3 is 12.2 Å². The highest BCUT2D eigenvalue weighted by atomic mass is 79.9. The summed E-state index contributed by atoms with van der Waals surface area (Å²) in [6, 6.07) is 1.81. The van der Waals surface area contributed by atoms with Crippen LogP contribution >= 0.6 is 15.9 Å². The molecule has 2 amide bonds. The first-order valence-corrected chi connectivity index (χ1v) is 13.9. The van der Waals surface area contributed by atoms with Crippen molar-refractivity contribution in [3.8, 4) is 5.75 Å². The summed E-state index contributed by atoms with van der Waals surface area (Å²) in [5.74, 6) is 1.01. The molecular formula is C26H33BrN8O6. The van der Waals surface area contributed by atoms with Crippen LogP contribution in [0.3, 0.4) is 0 Å². The van der Waals surface area contributed by atoms with Gasteiger partial charge in [-0.25, -0.2) is 14.6 Å². The van der Waals surface area contributed by atoms with Crippen molar-refractivity contribution in [1.29, 1.82) is 0 Å². The number of anilines is 2. The summed E-state index contributed by atoms with van der Waals surface area (Å²) < 4.78 is 12.5. The van der Waals surface area contributed by atoms with Crippen molar-refractivity contribution in [3.63, 3.8) is 0 Å². The topological polar surface area (TPSA) is 177 Å². The SMILES string of the molecule is CCC[C@@H](CCO)Nc1nc(NC(=O)OC)nc2c(Br)nn(Cc3ncc(C4=CCN(C(=O)O)CC4)cc3OC)c12. The van der Waals surface area contributed by atoms with Gasteiger partial charge in [-0.05, 0) is 52.4 Å². The van der Waals surface area contributed by atoms with Gasteiger partial charge in [0, 0.05) is 31.9 Å². The first-order chi connectivity index (χ1) is 19.8. The molecule has 0 saturated heterocycles. The lowest BCUT2D eigenvalue weighted by atomic mass is 10.0. The third-order valence-electron chi connectivity index (χ3n) is 6.70. The van der Waals surface area contributed by atoms with Crippen molar-refractivity contribution in [2.75, 3.05) is 44.5 Å². The largest absolute Gasteiger partial charge is 0.495 e. The minimum Gasteiger partial charge on any atom is -0.495 e. The van der Waals surface area contributed by atoms with Crippen LogP contribution in [0.1, 0.15) is 43.9 Å². The fraction of sp³-hybridized carbons (Fsp3) is 0.462. The molecule has 0 fully saturated rings. The average Bonchev–Trinajstić information content (AvgIpc) is 3.28. The number of halogens is 1. The van der Waals surface area contributed by atoms with E-state index in [1.54, 1.807) is 18.0 Å². The van der Waals surface area contributed by atoms with Gasteiger partial charge < -0.3 is 29.9 Å². The van der Waals surface area contributed by atoms with Crippen molar-refractivity contribution >= 4 is 56.5 Å². The Bertz CT molecular complexity index is 1440. The summed E-state index contributed by atoms with van der Waals surface area (Å²) in [5.41, 5.74) is 3.50. The molecule has 14 nitrogen and oxygen atoms in total. The number of fused-ring (bicyclic) bond motifs is 1. The van der Waals surface area contributed by atoms with Gasteiger partial charge in [-0.1, -0.05) is 19.4 Å². The van der Waals surface area contributed by atoms with E-state index < -0.39 is 12.2 Å². The van der Waals surface area contributed by atoms with Gasteiger partial charge in [0.05, 0.1) is 20.8 Å². The maximum Gasteiger partial charge on any atom is 0.413 e. The number of nitrogens with one attached hydrogen (secondary N) is 2. The quantitative estimate of drug-likeness (QED) is 0.241. The molecule has 0 spiro atoms. The monoisotopic (exact) mass is 632 g/mol. The zero-order chi connectivity index (χ0) is 29.5. The summed E-state index contributed by atoms with van der Waals surface area (Å²) in [6.07, 6.45) is 4.75. The molecule has 1 aliphatic rings. The van der Waals surface area contributed by atoms with E-state index in [4.69, 9.17) is 9.47 Å². The summed E-state index contributed by atoms with van der Waals surface area (Å²) >= 11 is 3.49. The summed E-state index contributed by atoms with van der Waals surface area (Å²) in [5, 5.41) is 29.4. The number of pyridine rings is 1. The van der Waals surface area contributed by atoms with Crippen LogP contribution in [0, 0.1) is 0 Å². The number of aromatic nitrogens is 5. The number of methoxy groups -OCH3 is 2. The third kappa shape index (κ3) is 7.03. The van der Waals surface area contributed by atoms with Crippen LogP contribution in [-0.4, -0.2) is 92.0 Å². The molecule has 15 heteroatoms. The fourth-order valence-corrected chi connectivity index (χ4v) is 5.10. The number of carboxylic acid groups (broad SMARTS) is 1. The van der Waals surface area contributed by atoms with Gasteiger partial charge in [0.1, 0.15) is 22.5 Å². The molecule has 1 aliphatic heterocycles. The standard InChI is InChI=1S/C26H33BrN8O6/c1-4-5-17(8-11-36)29-23-21-20(30-24(31-23)32-25(37)41-3)22(27)33-35(21)14-18-19(40-2)12-16(13-28-18)15-6-9-34(10-7-15)26(38)39/h6,12-13,17,36H,4-5,7-11,14H2,1-3H3,(H,38,39)(H2,29,30,31,32,37)/t17-/m0/s1. The van der Waals surface area contributed by atoms with Crippen LogP contribution < -0.4 is 15.4 Å². The summed E-state index contributed by atoms with van der Waals surface area (Å²) in [4.78, 5) is 38.2.